The highest BCUT2D eigenvalue weighted by Crippen LogP contribution is 2.35. The Morgan fingerprint density at radius 3 is 3.00 bits per heavy atom. The van der Waals surface area contributed by atoms with E-state index in [4.69, 9.17) is 17.3 Å². The number of halogens is 1. The lowest BCUT2D eigenvalue weighted by Crippen LogP contribution is -2.30. The molecule has 0 bridgehead atoms. The fourth-order valence-corrected chi connectivity index (χ4v) is 3.59. The summed E-state index contributed by atoms with van der Waals surface area (Å²) in [4.78, 5) is 14.6. The standard InChI is InChI=1S/C15H15ClN2OS/c16-13-4-3-11(17)8-12(13)15(19)18-6-1-2-14(18)10-5-7-20-9-10/h3-5,7-9,14H,1-2,6,17H2. The molecular formula is C15H15ClN2OS. The summed E-state index contributed by atoms with van der Waals surface area (Å²) < 4.78 is 0. The number of anilines is 1. The predicted molar refractivity (Wildman–Crippen MR) is 83.2 cm³/mol. The van der Waals surface area contributed by atoms with E-state index in [-0.39, 0.29) is 11.9 Å². The predicted octanol–water partition coefficient (Wildman–Crippen LogP) is 3.96. The van der Waals surface area contributed by atoms with Crippen LogP contribution in [0.25, 0.3) is 0 Å². The van der Waals surface area contributed by atoms with Crippen LogP contribution in [-0.2, 0) is 0 Å². The lowest BCUT2D eigenvalue weighted by Gasteiger charge is -2.24. The minimum atomic E-state index is -0.0315. The number of benzene rings is 1. The Bertz CT molecular complexity index is 627. The molecule has 0 spiro atoms. The molecule has 1 aromatic carbocycles. The van der Waals surface area contributed by atoms with Gasteiger partial charge in [-0.25, -0.2) is 0 Å². The van der Waals surface area contributed by atoms with Crippen molar-refractivity contribution >= 4 is 34.5 Å². The Kier molecular flexibility index (Phi) is 3.68. The van der Waals surface area contributed by atoms with Crippen LogP contribution in [0.2, 0.25) is 5.02 Å². The van der Waals surface area contributed by atoms with Crippen molar-refractivity contribution in [2.45, 2.75) is 18.9 Å². The van der Waals surface area contributed by atoms with Crippen molar-refractivity contribution in [2.24, 2.45) is 0 Å². The fourth-order valence-electron chi connectivity index (χ4n) is 2.68. The molecule has 1 amide bonds. The molecule has 1 unspecified atom stereocenters. The number of thiophene rings is 1. The number of nitrogens with two attached hydrogens (primary N) is 1. The maximum absolute atomic E-state index is 12.7. The molecular weight excluding hydrogens is 292 g/mol. The number of hydrogen-bond acceptors (Lipinski definition) is 3. The number of carbonyl (C=O) groups is 1. The summed E-state index contributed by atoms with van der Waals surface area (Å²) in [6.45, 7) is 0.768. The lowest BCUT2D eigenvalue weighted by atomic mass is 10.1. The number of hydrogen-bond donors (Lipinski definition) is 1. The van der Waals surface area contributed by atoms with Crippen LogP contribution in [0.15, 0.2) is 35.0 Å². The van der Waals surface area contributed by atoms with E-state index in [9.17, 15) is 4.79 Å². The summed E-state index contributed by atoms with van der Waals surface area (Å²) in [7, 11) is 0. The molecule has 0 radical (unpaired) electrons. The average Bonchev–Trinajstić information content (AvgIpc) is 3.10. The SMILES string of the molecule is Nc1ccc(Cl)c(C(=O)N2CCCC2c2ccsc2)c1. The van der Waals surface area contributed by atoms with E-state index in [0.717, 1.165) is 19.4 Å². The topological polar surface area (TPSA) is 46.3 Å². The largest absolute Gasteiger partial charge is 0.399 e. The number of nitrogen functional groups attached to an aromatic ring is 1. The Hall–Kier alpha value is -1.52. The molecule has 20 heavy (non-hydrogen) atoms. The van der Waals surface area contributed by atoms with Gasteiger partial charge >= 0.3 is 0 Å². The normalized spacial score (nSPS) is 18.4. The molecule has 1 saturated heterocycles. The average molecular weight is 307 g/mol. The molecule has 1 aromatic heterocycles. The number of amides is 1. The molecule has 0 aliphatic carbocycles. The van der Waals surface area contributed by atoms with Gasteiger partial charge in [0.05, 0.1) is 16.6 Å². The highest BCUT2D eigenvalue weighted by Gasteiger charge is 2.31. The summed E-state index contributed by atoms with van der Waals surface area (Å²) in [6.07, 6.45) is 2.02. The number of nitrogens with zero attached hydrogens (tertiary/aromatic N) is 1. The monoisotopic (exact) mass is 306 g/mol. The number of rotatable bonds is 2. The van der Waals surface area contributed by atoms with Crippen LogP contribution in [0.3, 0.4) is 0 Å². The molecule has 0 saturated carbocycles. The van der Waals surface area contributed by atoms with Gasteiger partial charge in [-0.2, -0.15) is 11.3 Å². The van der Waals surface area contributed by atoms with Gasteiger partial charge in [0, 0.05) is 12.2 Å². The van der Waals surface area contributed by atoms with E-state index >= 15 is 0 Å². The lowest BCUT2D eigenvalue weighted by molar-refractivity contribution is 0.0736. The molecule has 1 aliphatic rings. The van der Waals surface area contributed by atoms with Gasteiger partial charge in [0.15, 0.2) is 0 Å². The van der Waals surface area contributed by atoms with Crippen molar-refractivity contribution in [1.29, 1.82) is 0 Å². The van der Waals surface area contributed by atoms with Crippen molar-refractivity contribution < 1.29 is 4.79 Å². The minimum absolute atomic E-state index is 0.0315. The van der Waals surface area contributed by atoms with Crippen molar-refractivity contribution in [1.82, 2.24) is 4.90 Å². The first-order valence-corrected chi connectivity index (χ1v) is 7.87. The van der Waals surface area contributed by atoms with Crippen molar-refractivity contribution in [3.05, 3.63) is 51.2 Å². The third-order valence-electron chi connectivity index (χ3n) is 3.66. The van der Waals surface area contributed by atoms with E-state index in [2.05, 4.69) is 11.4 Å². The van der Waals surface area contributed by atoms with Crippen molar-refractivity contribution in [2.75, 3.05) is 12.3 Å². The third-order valence-corrected chi connectivity index (χ3v) is 4.69. The first-order valence-electron chi connectivity index (χ1n) is 6.55. The Morgan fingerprint density at radius 2 is 2.25 bits per heavy atom. The van der Waals surface area contributed by atoms with Crippen LogP contribution in [0.1, 0.15) is 34.8 Å². The summed E-state index contributed by atoms with van der Waals surface area (Å²) in [5, 5.41) is 4.61. The number of likely N-dealkylation sites (tertiary alicyclic amines) is 1. The molecule has 2 heterocycles. The molecule has 5 heteroatoms. The first-order chi connectivity index (χ1) is 9.66. The Balaban J connectivity index is 1.91. The molecule has 1 atom stereocenters. The summed E-state index contributed by atoms with van der Waals surface area (Å²) in [6, 6.07) is 7.29. The molecule has 104 valence electrons. The highest BCUT2D eigenvalue weighted by atomic mass is 35.5. The fraction of sp³-hybridized carbons (Fsp3) is 0.267. The van der Waals surface area contributed by atoms with Gasteiger partial charge in [0.1, 0.15) is 0 Å². The zero-order chi connectivity index (χ0) is 14.1. The van der Waals surface area contributed by atoms with Crippen LogP contribution in [0, 0.1) is 0 Å². The maximum atomic E-state index is 12.7. The van der Waals surface area contributed by atoms with Gasteiger partial charge < -0.3 is 10.6 Å². The van der Waals surface area contributed by atoms with Crippen molar-refractivity contribution in [3.63, 3.8) is 0 Å². The van der Waals surface area contributed by atoms with Crippen LogP contribution in [-0.4, -0.2) is 17.4 Å². The van der Waals surface area contributed by atoms with E-state index in [1.165, 1.54) is 5.56 Å². The van der Waals surface area contributed by atoms with E-state index in [1.54, 1.807) is 29.5 Å². The van der Waals surface area contributed by atoms with E-state index in [1.807, 2.05) is 10.3 Å². The molecule has 3 nitrogen and oxygen atoms in total. The Labute approximate surface area is 127 Å². The second-order valence-corrected chi connectivity index (χ2v) is 6.14. The molecule has 3 rings (SSSR count). The quantitative estimate of drug-likeness (QED) is 0.854. The van der Waals surface area contributed by atoms with Gasteiger partial charge in [0.2, 0.25) is 0 Å². The first kappa shape index (κ1) is 13.5. The van der Waals surface area contributed by atoms with Crippen LogP contribution in [0.4, 0.5) is 5.69 Å². The third kappa shape index (κ3) is 2.41. The van der Waals surface area contributed by atoms with Gasteiger partial charge in [-0.15, -0.1) is 0 Å². The van der Waals surface area contributed by atoms with Gasteiger partial charge in [-0.05, 0) is 53.4 Å². The van der Waals surface area contributed by atoms with Crippen molar-refractivity contribution in [3.8, 4) is 0 Å². The molecule has 2 N–H and O–H groups in total. The van der Waals surface area contributed by atoms with Crippen LogP contribution >= 0.6 is 22.9 Å². The van der Waals surface area contributed by atoms with E-state index < -0.39 is 0 Å². The second kappa shape index (κ2) is 5.46. The second-order valence-electron chi connectivity index (χ2n) is 4.95. The maximum Gasteiger partial charge on any atom is 0.255 e. The number of carbonyl (C=O) groups excluding carboxylic acids is 1. The van der Waals surface area contributed by atoms with Crippen LogP contribution < -0.4 is 5.73 Å². The summed E-state index contributed by atoms with van der Waals surface area (Å²) >= 11 is 7.80. The Morgan fingerprint density at radius 1 is 1.40 bits per heavy atom. The highest BCUT2D eigenvalue weighted by molar-refractivity contribution is 7.08. The molecule has 1 fully saturated rings. The molecule has 2 aromatic rings. The zero-order valence-corrected chi connectivity index (χ0v) is 12.5. The smallest absolute Gasteiger partial charge is 0.255 e. The minimum Gasteiger partial charge on any atom is -0.399 e. The van der Waals surface area contributed by atoms with Gasteiger partial charge in [-0.3, -0.25) is 4.79 Å². The van der Waals surface area contributed by atoms with E-state index in [0.29, 0.717) is 16.3 Å². The summed E-state index contributed by atoms with van der Waals surface area (Å²) in [5.74, 6) is -0.0315. The van der Waals surface area contributed by atoms with Gasteiger partial charge in [0.25, 0.3) is 5.91 Å². The summed E-state index contributed by atoms with van der Waals surface area (Å²) in [5.41, 5.74) is 8.03. The van der Waals surface area contributed by atoms with Gasteiger partial charge in [-0.1, -0.05) is 11.6 Å². The molecule has 1 aliphatic heterocycles. The zero-order valence-electron chi connectivity index (χ0n) is 10.9. The van der Waals surface area contributed by atoms with Crippen LogP contribution in [0.5, 0.6) is 0 Å².